The molecule has 0 nitrogen and oxygen atoms in total. The van der Waals surface area contributed by atoms with Crippen LogP contribution in [0, 0.1) is 13.8 Å². The second-order valence-electron chi connectivity index (χ2n) is 20.1. The summed E-state index contributed by atoms with van der Waals surface area (Å²) in [4.78, 5) is 0. The molecule has 14 rings (SSSR count). The molecule has 2 aliphatic rings. The molecule has 0 spiro atoms. The largest absolute Gasteiger partial charge is 0.0713 e. The maximum atomic E-state index is 2.54. The SMILES string of the molecule is Cc1ccc2cc(-c3cc4c(cc3-c3ccc(C5(c6ccccc6)c6ccccc6-c6c(-c7ccc8cc(C)ccc8c7)cccc65)cc3)-c3ccccc3C4(c3ccccc3)c3ccccc3)ccc2c1. The van der Waals surface area contributed by atoms with Gasteiger partial charge in [-0.25, -0.2) is 0 Å². The maximum Gasteiger partial charge on any atom is 0.0713 e. The first kappa shape index (κ1) is 42.1. The molecule has 0 saturated carbocycles. The van der Waals surface area contributed by atoms with Crippen LogP contribution < -0.4 is 0 Å². The minimum Gasteiger partial charge on any atom is -0.0622 e. The van der Waals surface area contributed by atoms with Crippen molar-refractivity contribution in [2.24, 2.45) is 0 Å². The van der Waals surface area contributed by atoms with Gasteiger partial charge in [-0.2, -0.15) is 0 Å². The highest BCUT2D eigenvalue weighted by Gasteiger charge is 2.48. The molecule has 0 aromatic heterocycles. The van der Waals surface area contributed by atoms with E-state index in [0.717, 1.165) is 0 Å². The van der Waals surface area contributed by atoms with E-state index in [4.69, 9.17) is 0 Å². The van der Waals surface area contributed by atoms with Crippen LogP contribution in [0.5, 0.6) is 0 Å². The van der Waals surface area contributed by atoms with E-state index in [1.807, 2.05) is 0 Å². The summed E-state index contributed by atoms with van der Waals surface area (Å²) >= 11 is 0. The summed E-state index contributed by atoms with van der Waals surface area (Å²) < 4.78 is 0. The summed E-state index contributed by atoms with van der Waals surface area (Å²) in [7, 11) is 0. The number of hydrogen-bond donors (Lipinski definition) is 0. The monoisotopic (exact) mass is 914 g/mol. The van der Waals surface area contributed by atoms with Crippen LogP contribution in [0.3, 0.4) is 0 Å². The predicted octanol–water partition coefficient (Wildman–Crippen LogP) is 18.3. The summed E-state index contributed by atoms with van der Waals surface area (Å²) in [6, 6.07) is 101. The lowest BCUT2D eigenvalue weighted by atomic mass is 9.67. The quantitative estimate of drug-likeness (QED) is 0.149. The molecule has 0 radical (unpaired) electrons. The average Bonchev–Trinajstić information content (AvgIpc) is 3.91. The molecular formula is C72H50. The molecule has 0 bridgehead atoms. The Hall–Kier alpha value is -8.84. The highest BCUT2D eigenvalue weighted by atomic mass is 14.5. The van der Waals surface area contributed by atoms with Crippen LogP contribution in [0.2, 0.25) is 0 Å². The van der Waals surface area contributed by atoms with E-state index in [2.05, 4.69) is 281 Å². The molecule has 0 heteroatoms. The van der Waals surface area contributed by atoms with E-state index >= 15 is 0 Å². The number of hydrogen-bond acceptors (Lipinski definition) is 0. The number of fused-ring (bicyclic) bond motifs is 8. The fourth-order valence-corrected chi connectivity index (χ4v) is 13.0. The molecule has 1 unspecified atom stereocenters. The zero-order valence-corrected chi connectivity index (χ0v) is 40.4. The Morgan fingerprint density at radius 1 is 0.222 bits per heavy atom. The van der Waals surface area contributed by atoms with Crippen LogP contribution >= 0.6 is 0 Å². The van der Waals surface area contributed by atoms with Crippen LogP contribution in [0.1, 0.15) is 55.6 Å². The highest BCUT2D eigenvalue weighted by Crippen LogP contribution is 2.60. The Balaban J connectivity index is 1.01. The Morgan fingerprint density at radius 3 is 1.21 bits per heavy atom. The Labute approximate surface area is 422 Å². The Kier molecular flexibility index (Phi) is 9.57. The second-order valence-corrected chi connectivity index (χ2v) is 20.1. The predicted molar refractivity (Wildman–Crippen MR) is 302 cm³/mol. The summed E-state index contributed by atoms with van der Waals surface area (Å²) in [5.41, 5.74) is 24.2. The molecule has 72 heavy (non-hydrogen) atoms. The third-order valence-electron chi connectivity index (χ3n) is 16.1. The molecule has 0 N–H and O–H groups in total. The van der Waals surface area contributed by atoms with Crippen molar-refractivity contribution >= 4 is 21.5 Å². The van der Waals surface area contributed by atoms with Gasteiger partial charge < -0.3 is 0 Å². The van der Waals surface area contributed by atoms with Crippen molar-refractivity contribution in [1.82, 2.24) is 0 Å². The third-order valence-corrected chi connectivity index (χ3v) is 16.1. The lowest BCUT2D eigenvalue weighted by Crippen LogP contribution is -2.28. The van der Waals surface area contributed by atoms with E-state index in [1.54, 1.807) is 0 Å². The normalized spacial score (nSPS) is 15.0. The van der Waals surface area contributed by atoms with E-state index in [-0.39, 0.29) is 0 Å². The van der Waals surface area contributed by atoms with E-state index in [1.165, 1.54) is 133 Å². The van der Waals surface area contributed by atoms with Crippen molar-refractivity contribution in [2.75, 3.05) is 0 Å². The van der Waals surface area contributed by atoms with E-state index < -0.39 is 10.8 Å². The third kappa shape index (κ3) is 6.19. The van der Waals surface area contributed by atoms with Crippen LogP contribution in [0.15, 0.2) is 267 Å². The van der Waals surface area contributed by atoms with Crippen LogP contribution in [0.25, 0.3) is 77.2 Å². The van der Waals surface area contributed by atoms with Gasteiger partial charge in [0.05, 0.1) is 10.8 Å². The minimum atomic E-state index is -0.559. The molecule has 0 amide bonds. The fraction of sp³-hybridized carbons (Fsp3) is 0.0556. The molecule has 0 fully saturated rings. The summed E-state index contributed by atoms with van der Waals surface area (Å²) in [5, 5.41) is 5.01. The first-order chi connectivity index (χ1) is 35.5. The van der Waals surface area contributed by atoms with E-state index in [0.29, 0.717) is 0 Å². The standard InChI is InChI=1S/C72H50/c1-47-29-31-52-43-54(35-33-50(52)41-47)60-25-16-28-68-70(60)62-24-13-15-27-67(62)71(68,56-17-6-3-7-18-56)59-39-37-49(38-40-59)63-45-65-61-23-12-14-26-66(61)72(57-19-8-4-9-20-57,58-21-10-5-11-22-58)69(65)46-64(63)55-36-34-51-42-48(2)30-32-53(51)44-55/h3-46H,1-2H3. The Morgan fingerprint density at radius 2 is 0.625 bits per heavy atom. The van der Waals surface area contributed by atoms with Gasteiger partial charge in [-0.1, -0.05) is 254 Å². The highest BCUT2D eigenvalue weighted by molar-refractivity contribution is 6.00. The molecule has 2 aliphatic carbocycles. The van der Waals surface area contributed by atoms with Gasteiger partial charge in [0.15, 0.2) is 0 Å². The van der Waals surface area contributed by atoms with Crippen molar-refractivity contribution in [3.8, 4) is 55.6 Å². The van der Waals surface area contributed by atoms with Crippen molar-refractivity contribution < 1.29 is 0 Å². The van der Waals surface area contributed by atoms with Crippen LogP contribution in [-0.2, 0) is 10.8 Å². The van der Waals surface area contributed by atoms with Crippen molar-refractivity contribution in [1.29, 1.82) is 0 Å². The van der Waals surface area contributed by atoms with Gasteiger partial charge in [0.1, 0.15) is 0 Å². The van der Waals surface area contributed by atoms with Gasteiger partial charge in [-0.3, -0.25) is 0 Å². The first-order valence-corrected chi connectivity index (χ1v) is 25.3. The molecular weight excluding hydrogens is 865 g/mol. The topological polar surface area (TPSA) is 0 Å². The number of aryl methyl sites for hydroxylation is 2. The Bertz CT molecular complexity index is 4050. The average molecular weight is 915 g/mol. The fourth-order valence-electron chi connectivity index (χ4n) is 13.0. The second kappa shape index (κ2) is 16.4. The van der Waals surface area contributed by atoms with Gasteiger partial charge in [0, 0.05) is 0 Å². The van der Waals surface area contributed by atoms with Gasteiger partial charge >= 0.3 is 0 Å². The first-order valence-electron chi connectivity index (χ1n) is 25.3. The summed E-state index contributed by atoms with van der Waals surface area (Å²) in [6.07, 6.45) is 0. The van der Waals surface area contributed by atoms with Gasteiger partial charge in [-0.05, 0) is 160 Å². The summed E-state index contributed by atoms with van der Waals surface area (Å²) in [6.45, 7) is 4.34. The van der Waals surface area contributed by atoms with Gasteiger partial charge in [-0.15, -0.1) is 0 Å². The number of benzene rings is 12. The van der Waals surface area contributed by atoms with E-state index in [9.17, 15) is 0 Å². The van der Waals surface area contributed by atoms with Crippen LogP contribution in [0.4, 0.5) is 0 Å². The molecule has 0 saturated heterocycles. The zero-order chi connectivity index (χ0) is 48.0. The van der Waals surface area contributed by atoms with Gasteiger partial charge in [0.2, 0.25) is 0 Å². The maximum absolute atomic E-state index is 2.54. The van der Waals surface area contributed by atoms with Crippen LogP contribution in [-0.4, -0.2) is 0 Å². The van der Waals surface area contributed by atoms with Crippen molar-refractivity contribution in [3.05, 3.63) is 323 Å². The molecule has 0 heterocycles. The molecule has 0 aliphatic heterocycles. The van der Waals surface area contributed by atoms with Crippen molar-refractivity contribution in [3.63, 3.8) is 0 Å². The molecule has 1 atom stereocenters. The smallest absolute Gasteiger partial charge is 0.0622 e. The van der Waals surface area contributed by atoms with Crippen molar-refractivity contribution in [2.45, 2.75) is 24.7 Å². The zero-order valence-electron chi connectivity index (χ0n) is 40.4. The van der Waals surface area contributed by atoms with Gasteiger partial charge in [0.25, 0.3) is 0 Å². The molecule has 12 aromatic rings. The lowest BCUT2D eigenvalue weighted by Gasteiger charge is -2.34. The lowest BCUT2D eigenvalue weighted by molar-refractivity contribution is 0.768. The minimum absolute atomic E-state index is 0.518. The molecule has 12 aromatic carbocycles. The summed E-state index contributed by atoms with van der Waals surface area (Å²) in [5.74, 6) is 0. The number of rotatable bonds is 7. The molecule has 338 valence electrons.